The van der Waals surface area contributed by atoms with Gasteiger partial charge in [0.25, 0.3) is 5.91 Å². The van der Waals surface area contributed by atoms with Gasteiger partial charge in [0, 0.05) is 18.2 Å². The van der Waals surface area contributed by atoms with Crippen LogP contribution in [0.3, 0.4) is 0 Å². The molecule has 0 aromatic heterocycles. The van der Waals surface area contributed by atoms with Gasteiger partial charge in [-0.15, -0.1) is 0 Å². The van der Waals surface area contributed by atoms with Crippen molar-refractivity contribution in [2.45, 2.75) is 13.8 Å². The van der Waals surface area contributed by atoms with Crippen LogP contribution in [0.15, 0.2) is 36.4 Å². The molecule has 2 aromatic carbocycles. The van der Waals surface area contributed by atoms with Crippen molar-refractivity contribution in [2.24, 2.45) is 0 Å². The van der Waals surface area contributed by atoms with E-state index in [1.54, 1.807) is 41.3 Å². The Balaban J connectivity index is 2.43. The average molecular weight is 305 g/mol. The summed E-state index contributed by atoms with van der Waals surface area (Å²) in [7, 11) is 0. The molecule has 0 saturated carbocycles. The number of carbonyl (C=O) groups is 1. The van der Waals surface area contributed by atoms with E-state index in [1.807, 2.05) is 13.8 Å². The summed E-state index contributed by atoms with van der Waals surface area (Å²) < 4.78 is 0. The molecule has 2 aromatic rings. The molecule has 0 radical (unpaired) electrons. The van der Waals surface area contributed by atoms with Crippen LogP contribution in [0.4, 0.5) is 11.4 Å². The van der Waals surface area contributed by atoms with E-state index in [-0.39, 0.29) is 11.7 Å². The third-order valence-electron chi connectivity index (χ3n) is 3.29. The highest BCUT2D eigenvalue weighted by atomic mass is 35.5. The topological polar surface area (TPSA) is 66.6 Å². The van der Waals surface area contributed by atoms with Gasteiger partial charge in [0.05, 0.1) is 16.4 Å². The molecule has 0 aliphatic heterocycles. The molecule has 0 heterocycles. The lowest BCUT2D eigenvalue weighted by molar-refractivity contribution is 0.0988. The van der Waals surface area contributed by atoms with Crippen molar-refractivity contribution >= 4 is 28.9 Å². The van der Waals surface area contributed by atoms with Crippen LogP contribution in [0, 0.1) is 6.92 Å². The number of nitrogen functional groups attached to an aromatic ring is 1. The molecule has 0 aliphatic rings. The number of nitrogens with two attached hydrogens (primary N) is 1. The van der Waals surface area contributed by atoms with E-state index in [2.05, 4.69) is 0 Å². The third kappa shape index (κ3) is 3.11. The summed E-state index contributed by atoms with van der Waals surface area (Å²) >= 11 is 5.97. The maximum Gasteiger partial charge on any atom is 0.258 e. The Morgan fingerprint density at radius 1 is 1.29 bits per heavy atom. The highest BCUT2D eigenvalue weighted by Crippen LogP contribution is 2.27. The third-order valence-corrected chi connectivity index (χ3v) is 3.62. The van der Waals surface area contributed by atoms with Crippen molar-refractivity contribution in [3.63, 3.8) is 0 Å². The predicted octanol–water partition coefficient (Wildman–Crippen LogP) is 3.60. The quantitative estimate of drug-likeness (QED) is 0.851. The summed E-state index contributed by atoms with van der Waals surface area (Å²) in [6.07, 6.45) is 0. The molecular formula is C16H17ClN2O2. The molecule has 0 saturated heterocycles. The first-order valence-corrected chi connectivity index (χ1v) is 6.98. The number of nitrogens with zero attached hydrogens (tertiary/aromatic N) is 1. The Kier molecular flexibility index (Phi) is 4.38. The van der Waals surface area contributed by atoms with Gasteiger partial charge >= 0.3 is 0 Å². The summed E-state index contributed by atoms with van der Waals surface area (Å²) in [5.41, 5.74) is 8.14. The van der Waals surface area contributed by atoms with Gasteiger partial charge in [-0.2, -0.15) is 0 Å². The first-order chi connectivity index (χ1) is 9.93. The van der Waals surface area contributed by atoms with Crippen LogP contribution >= 0.6 is 11.6 Å². The summed E-state index contributed by atoms with van der Waals surface area (Å²) in [5.74, 6) is -0.0645. The molecule has 0 atom stereocenters. The fourth-order valence-corrected chi connectivity index (χ4v) is 2.31. The molecule has 0 spiro atoms. The molecule has 0 fully saturated rings. The summed E-state index contributed by atoms with van der Waals surface area (Å²) in [4.78, 5) is 14.2. The fraction of sp³-hybridized carbons (Fsp3) is 0.188. The highest BCUT2D eigenvalue weighted by molar-refractivity contribution is 6.33. The number of phenols is 1. The lowest BCUT2D eigenvalue weighted by Crippen LogP contribution is -2.31. The van der Waals surface area contributed by atoms with Gasteiger partial charge in [0.15, 0.2) is 0 Å². The standard InChI is InChI=1S/C16H17ClN2O2/c1-3-19(15-9-12(20)6-4-10(15)2)16(21)11-5-7-14(18)13(17)8-11/h4-9,20H,3,18H2,1-2H3. The number of carbonyl (C=O) groups excluding carboxylic acids is 1. The summed E-state index contributed by atoms with van der Waals surface area (Å²) in [6.45, 7) is 4.24. The van der Waals surface area contributed by atoms with Gasteiger partial charge in [0.2, 0.25) is 0 Å². The van der Waals surface area contributed by atoms with E-state index >= 15 is 0 Å². The molecular weight excluding hydrogens is 288 g/mol. The molecule has 1 amide bonds. The Bertz CT molecular complexity index is 686. The minimum absolute atomic E-state index is 0.122. The second-order valence-corrected chi connectivity index (χ2v) is 5.16. The maximum absolute atomic E-state index is 12.6. The van der Waals surface area contributed by atoms with Crippen LogP contribution in [0.1, 0.15) is 22.8 Å². The first kappa shape index (κ1) is 15.2. The smallest absolute Gasteiger partial charge is 0.258 e. The van der Waals surface area contributed by atoms with Gasteiger partial charge in [-0.3, -0.25) is 4.79 Å². The van der Waals surface area contributed by atoms with Gasteiger partial charge in [-0.1, -0.05) is 17.7 Å². The Labute approximate surface area is 128 Å². The lowest BCUT2D eigenvalue weighted by Gasteiger charge is -2.23. The minimum atomic E-state index is -0.187. The number of aromatic hydroxyl groups is 1. The van der Waals surface area contributed by atoms with Crippen LogP contribution < -0.4 is 10.6 Å². The van der Waals surface area contributed by atoms with Gasteiger partial charge in [0.1, 0.15) is 5.75 Å². The van der Waals surface area contributed by atoms with E-state index in [0.717, 1.165) is 5.56 Å². The highest BCUT2D eigenvalue weighted by Gasteiger charge is 2.19. The second-order valence-electron chi connectivity index (χ2n) is 4.76. The van der Waals surface area contributed by atoms with Crippen molar-refractivity contribution in [1.82, 2.24) is 0 Å². The number of aryl methyl sites for hydroxylation is 1. The van der Waals surface area contributed by atoms with Gasteiger partial charge in [-0.25, -0.2) is 0 Å². The molecule has 0 unspecified atom stereocenters. The predicted molar refractivity (Wildman–Crippen MR) is 86.1 cm³/mol. The second kappa shape index (κ2) is 6.06. The van der Waals surface area contributed by atoms with Crippen LogP contribution in [0.25, 0.3) is 0 Å². The van der Waals surface area contributed by atoms with Crippen molar-refractivity contribution < 1.29 is 9.90 Å². The average Bonchev–Trinajstić information content (AvgIpc) is 2.46. The Morgan fingerprint density at radius 3 is 2.62 bits per heavy atom. The van der Waals surface area contributed by atoms with Gasteiger partial charge < -0.3 is 15.7 Å². The number of amides is 1. The first-order valence-electron chi connectivity index (χ1n) is 6.60. The monoisotopic (exact) mass is 304 g/mol. The maximum atomic E-state index is 12.6. The fourth-order valence-electron chi connectivity index (χ4n) is 2.13. The minimum Gasteiger partial charge on any atom is -0.508 e. The molecule has 110 valence electrons. The molecule has 0 bridgehead atoms. The number of rotatable bonds is 3. The lowest BCUT2D eigenvalue weighted by atomic mass is 10.1. The van der Waals surface area contributed by atoms with Crippen molar-refractivity contribution in [2.75, 3.05) is 17.2 Å². The SMILES string of the molecule is CCN(C(=O)c1ccc(N)c(Cl)c1)c1cc(O)ccc1C. The zero-order valence-electron chi connectivity index (χ0n) is 11.9. The van der Waals surface area contributed by atoms with Crippen LogP contribution in [0.2, 0.25) is 5.02 Å². The van der Waals surface area contributed by atoms with Crippen LogP contribution in [-0.4, -0.2) is 17.6 Å². The van der Waals surface area contributed by atoms with Gasteiger partial charge in [-0.05, 0) is 43.7 Å². The number of hydrogen-bond acceptors (Lipinski definition) is 3. The molecule has 5 heteroatoms. The van der Waals surface area contributed by atoms with Crippen molar-refractivity contribution in [1.29, 1.82) is 0 Å². The number of anilines is 2. The molecule has 3 N–H and O–H groups in total. The van der Waals surface area contributed by atoms with Crippen LogP contribution in [0.5, 0.6) is 5.75 Å². The number of benzene rings is 2. The van der Waals surface area contributed by atoms with Crippen molar-refractivity contribution in [3.05, 3.63) is 52.5 Å². The summed E-state index contributed by atoms with van der Waals surface area (Å²) in [6, 6.07) is 9.76. The number of halogens is 1. The Morgan fingerprint density at radius 2 is 2.00 bits per heavy atom. The Hall–Kier alpha value is -2.20. The van der Waals surface area contributed by atoms with E-state index in [4.69, 9.17) is 17.3 Å². The normalized spacial score (nSPS) is 10.4. The van der Waals surface area contributed by atoms with E-state index in [1.165, 1.54) is 0 Å². The molecule has 0 aliphatic carbocycles. The van der Waals surface area contributed by atoms with E-state index in [0.29, 0.717) is 28.5 Å². The summed E-state index contributed by atoms with van der Waals surface area (Å²) in [5, 5.41) is 9.99. The van der Waals surface area contributed by atoms with Crippen LogP contribution in [-0.2, 0) is 0 Å². The van der Waals surface area contributed by atoms with E-state index < -0.39 is 0 Å². The van der Waals surface area contributed by atoms with E-state index in [9.17, 15) is 9.90 Å². The number of phenolic OH excluding ortho intramolecular Hbond substituents is 1. The zero-order chi connectivity index (χ0) is 15.6. The molecule has 4 nitrogen and oxygen atoms in total. The molecule has 21 heavy (non-hydrogen) atoms. The number of hydrogen-bond donors (Lipinski definition) is 2. The largest absolute Gasteiger partial charge is 0.508 e. The van der Waals surface area contributed by atoms with Crippen molar-refractivity contribution in [3.8, 4) is 5.75 Å². The zero-order valence-corrected chi connectivity index (χ0v) is 12.7. The molecule has 2 rings (SSSR count).